The zero-order valence-corrected chi connectivity index (χ0v) is 13.9. The molecule has 1 aromatic carbocycles. The molecule has 0 unspecified atom stereocenters. The molecule has 0 aromatic heterocycles. The zero-order valence-electron chi connectivity index (χ0n) is 13.9. The first-order valence-electron chi connectivity index (χ1n) is 8.34. The van der Waals surface area contributed by atoms with Gasteiger partial charge in [0.1, 0.15) is 6.54 Å². The summed E-state index contributed by atoms with van der Waals surface area (Å²) < 4.78 is 0. The summed E-state index contributed by atoms with van der Waals surface area (Å²) in [6.45, 7) is 1.68. The van der Waals surface area contributed by atoms with Crippen molar-refractivity contribution in [3.8, 4) is 0 Å². The van der Waals surface area contributed by atoms with Gasteiger partial charge in [-0.3, -0.25) is 14.4 Å². The smallest absolute Gasteiger partial charge is 0.322 e. The van der Waals surface area contributed by atoms with Crippen molar-refractivity contribution in [2.75, 3.05) is 11.9 Å². The van der Waals surface area contributed by atoms with Gasteiger partial charge in [0.2, 0.25) is 11.8 Å². The molecule has 1 fully saturated rings. The number of nitrogens with one attached hydrogen (secondary N) is 2. The van der Waals surface area contributed by atoms with Crippen LogP contribution in [0.5, 0.6) is 0 Å². The number of carboxylic acid groups (broad SMARTS) is 1. The van der Waals surface area contributed by atoms with Gasteiger partial charge in [0, 0.05) is 11.1 Å². The van der Waals surface area contributed by atoms with E-state index >= 15 is 0 Å². The second-order valence-electron chi connectivity index (χ2n) is 6.34. The van der Waals surface area contributed by atoms with E-state index in [1.807, 2.05) is 0 Å². The van der Waals surface area contributed by atoms with Crippen LogP contribution >= 0.6 is 0 Å². The minimum atomic E-state index is -1.07. The predicted molar refractivity (Wildman–Crippen MR) is 90.6 cm³/mol. The summed E-state index contributed by atoms with van der Waals surface area (Å²) in [6, 6.07) is 7.08. The third-order valence-corrected chi connectivity index (χ3v) is 4.73. The van der Waals surface area contributed by atoms with Crippen LogP contribution in [0.25, 0.3) is 0 Å². The monoisotopic (exact) mass is 332 g/mol. The van der Waals surface area contributed by atoms with Crippen molar-refractivity contribution < 1.29 is 19.5 Å². The maximum absolute atomic E-state index is 12.5. The molecule has 0 radical (unpaired) electrons. The maximum Gasteiger partial charge on any atom is 0.322 e. The molecule has 0 saturated heterocycles. The van der Waals surface area contributed by atoms with Crippen LogP contribution in [-0.2, 0) is 20.8 Å². The van der Waals surface area contributed by atoms with Gasteiger partial charge < -0.3 is 15.7 Å². The maximum atomic E-state index is 12.5. The Hall–Kier alpha value is -2.37. The first-order chi connectivity index (χ1) is 11.4. The summed E-state index contributed by atoms with van der Waals surface area (Å²) in [5.74, 6) is -1.34. The predicted octanol–water partition coefficient (Wildman–Crippen LogP) is 2.34. The average Bonchev–Trinajstić information content (AvgIpc) is 3.05. The molecule has 24 heavy (non-hydrogen) atoms. The minimum absolute atomic E-state index is 0.0782. The second kappa shape index (κ2) is 7.95. The molecule has 6 heteroatoms. The fourth-order valence-electron chi connectivity index (χ4n) is 3.18. The molecule has 1 aromatic rings. The number of carbonyl (C=O) groups is 3. The minimum Gasteiger partial charge on any atom is -0.480 e. The normalized spacial score (nSPS) is 15.7. The molecule has 1 aliphatic rings. The van der Waals surface area contributed by atoms with Crippen molar-refractivity contribution in [3.63, 3.8) is 0 Å². The Morgan fingerprint density at radius 2 is 1.75 bits per heavy atom. The molecular formula is C18H24N2O4. The van der Waals surface area contributed by atoms with E-state index in [4.69, 9.17) is 5.11 Å². The highest BCUT2D eigenvalue weighted by atomic mass is 16.4. The summed E-state index contributed by atoms with van der Waals surface area (Å²) >= 11 is 0. The van der Waals surface area contributed by atoms with Gasteiger partial charge in [0.15, 0.2) is 0 Å². The molecule has 0 spiro atoms. The molecule has 0 bridgehead atoms. The van der Waals surface area contributed by atoms with Gasteiger partial charge in [-0.05, 0) is 37.0 Å². The zero-order chi connectivity index (χ0) is 17.6. The largest absolute Gasteiger partial charge is 0.480 e. The van der Waals surface area contributed by atoms with Gasteiger partial charge in [-0.15, -0.1) is 0 Å². The van der Waals surface area contributed by atoms with E-state index < -0.39 is 5.97 Å². The van der Waals surface area contributed by atoms with E-state index in [9.17, 15) is 14.4 Å². The van der Waals surface area contributed by atoms with Gasteiger partial charge in [0.05, 0.1) is 6.42 Å². The van der Waals surface area contributed by atoms with Crippen molar-refractivity contribution in [3.05, 3.63) is 29.8 Å². The highest BCUT2D eigenvalue weighted by Gasteiger charge is 2.39. The topological polar surface area (TPSA) is 95.5 Å². The lowest BCUT2D eigenvalue weighted by Gasteiger charge is -2.26. The molecule has 1 saturated carbocycles. The Morgan fingerprint density at radius 1 is 1.12 bits per heavy atom. The summed E-state index contributed by atoms with van der Waals surface area (Å²) in [7, 11) is 0. The molecule has 130 valence electrons. The van der Waals surface area contributed by atoms with Gasteiger partial charge >= 0.3 is 5.97 Å². The lowest BCUT2D eigenvalue weighted by Crippen LogP contribution is -2.33. The van der Waals surface area contributed by atoms with Crippen molar-refractivity contribution in [2.24, 2.45) is 5.41 Å². The number of anilines is 1. The summed E-state index contributed by atoms with van der Waals surface area (Å²) in [5.41, 5.74) is 1.24. The van der Waals surface area contributed by atoms with Crippen LogP contribution in [0.2, 0.25) is 0 Å². The Kier molecular flexibility index (Phi) is 5.95. The van der Waals surface area contributed by atoms with Crippen molar-refractivity contribution >= 4 is 23.5 Å². The van der Waals surface area contributed by atoms with Gasteiger partial charge in [-0.2, -0.15) is 0 Å². The Balaban J connectivity index is 1.91. The van der Waals surface area contributed by atoms with E-state index in [0.29, 0.717) is 0 Å². The lowest BCUT2D eigenvalue weighted by atomic mass is 9.82. The fourth-order valence-corrected chi connectivity index (χ4v) is 3.18. The first kappa shape index (κ1) is 18.0. The first-order valence-corrected chi connectivity index (χ1v) is 8.34. The van der Waals surface area contributed by atoms with Crippen LogP contribution in [0.3, 0.4) is 0 Å². The van der Waals surface area contributed by atoms with Crippen LogP contribution < -0.4 is 10.6 Å². The fraction of sp³-hybridized carbons (Fsp3) is 0.500. The third-order valence-electron chi connectivity index (χ3n) is 4.73. The Labute approximate surface area is 141 Å². The molecule has 1 aliphatic carbocycles. The SMILES string of the molecule is CCC1(C(=O)Nc2ccc(CC(=O)NCC(=O)O)cc2)CCCC1. The number of carbonyl (C=O) groups excluding carboxylic acids is 2. The second-order valence-corrected chi connectivity index (χ2v) is 6.34. The van der Waals surface area contributed by atoms with E-state index in [1.165, 1.54) is 0 Å². The standard InChI is InChI=1S/C18H24N2O4/c1-2-18(9-3-4-10-18)17(24)20-14-7-5-13(6-8-14)11-15(21)19-12-16(22)23/h5-8H,2-4,9-12H2,1H3,(H,19,21)(H,20,24)(H,22,23). The summed E-state index contributed by atoms with van der Waals surface area (Å²) in [5, 5.41) is 13.8. The quantitative estimate of drug-likeness (QED) is 0.714. The van der Waals surface area contributed by atoms with Crippen LogP contribution in [0.1, 0.15) is 44.6 Å². The van der Waals surface area contributed by atoms with E-state index in [-0.39, 0.29) is 30.2 Å². The van der Waals surface area contributed by atoms with Crippen molar-refractivity contribution in [1.29, 1.82) is 0 Å². The molecule has 6 nitrogen and oxygen atoms in total. The molecule has 0 heterocycles. The number of rotatable bonds is 7. The van der Waals surface area contributed by atoms with Crippen LogP contribution in [0.15, 0.2) is 24.3 Å². The van der Waals surface area contributed by atoms with Crippen LogP contribution in [0, 0.1) is 5.41 Å². The molecule has 2 rings (SSSR count). The highest BCUT2D eigenvalue weighted by molar-refractivity contribution is 5.95. The Bertz CT molecular complexity index is 604. The average molecular weight is 332 g/mol. The molecule has 0 aliphatic heterocycles. The number of hydrogen-bond donors (Lipinski definition) is 3. The van der Waals surface area contributed by atoms with Crippen molar-refractivity contribution in [2.45, 2.75) is 45.4 Å². The van der Waals surface area contributed by atoms with E-state index in [1.54, 1.807) is 24.3 Å². The molecule has 2 amide bonds. The lowest BCUT2D eigenvalue weighted by molar-refractivity contribution is -0.137. The van der Waals surface area contributed by atoms with Gasteiger partial charge in [-0.25, -0.2) is 0 Å². The number of aliphatic carboxylic acids is 1. The van der Waals surface area contributed by atoms with E-state index in [2.05, 4.69) is 17.6 Å². The number of amides is 2. The molecule has 3 N–H and O–H groups in total. The Morgan fingerprint density at radius 3 is 2.29 bits per heavy atom. The third kappa shape index (κ3) is 4.57. The number of carboxylic acids is 1. The summed E-state index contributed by atoms with van der Waals surface area (Å²) in [6.07, 6.45) is 5.05. The van der Waals surface area contributed by atoms with Gasteiger partial charge in [0.25, 0.3) is 0 Å². The van der Waals surface area contributed by atoms with Crippen LogP contribution in [-0.4, -0.2) is 29.4 Å². The van der Waals surface area contributed by atoms with Crippen molar-refractivity contribution in [1.82, 2.24) is 5.32 Å². The van der Waals surface area contributed by atoms with E-state index in [0.717, 1.165) is 43.4 Å². The molecule has 0 atom stereocenters. The molecular weight excluding hydrogens is 308 g/mol. The van der Waals surface area contributed by atoms with Gasteiger partial charge in [-0.1, -0.05) is 31.9 Å². The summed E-state index contributed by atoms with van der Waals surface area (Å²) in [4.78, 5) is 34.5. The highest BCUT2D eigenvalue weighted by Crippen LogP contribution is 2.41. The number of benzene rings is 1. The number of hydrogen-bond acceptors (Lipinski definition) is 3. The van der Waals surface area contributed by atoms with Crippen LogP contribution in [0.4, 0.5) is 5.69 Å².